The number of guanidine groups is 1. The lowest BCUT2D eigenvalue weighted by Crippen LogP contribution is -2.38. The van der Waals surface area contributed by atoms with E-state index in [-0.39, 0.29) is 0 Å². The van der Waals surface area contributed by atoms with Gasteiger partial charge in [-0.05, 0) is 24.7 Å². The van der Waals surface area contributed by atoms with Gasteiger partial charge < -0.3 is 0 Å². The van der Waals surface area contributed by atoms with Crippen molar-refractivity contribution in [3.05, 3.63) is 0 Å². The Morgan fingerprint density at radius 3 is 2.42 bits per heavy atom. The summed E-state index contributed by atoms with van der Waals surface area (Å²) in [6.07, 6.45) is 4.10. The number of hydrogen-bond donors (Lipinski definition) is 0. The molecule has 1 heterocycles. The summed E-state index contributed by atoms with van der Waals surface area (Å²) >= 11 is 0. The third kappa shape index (κ3) is 5.26. The predicted octanol–water partition coefficient (Wildman–Crippen LogP) is 1.45. The van der Waals surface area contributed by atoms with E-state index in [9.17, 15) is 0 Å². The molecule has 0 N–H and O–H groups in total. The average molecular weight is 260 g/mol. The van der Waals surface area contributed by atoms with E-state index in [0.29, 0.717) is 0 Å². The van der Waals surface area contributed by atoms with Crippen LogP contribution in [0.1, 0.15) is 32.6 Å². The Hall–Kier alpha value is -1.61. The summed E-state index contributed by atoms with van der Waals surface area (Å²) in [5, 5.41) is 0. The highest BCUT2D eigenvalue weighted by molar-refractivity contribution is 5.76. The van der Waals surface area contributed by atoms with Crippen molar-refractivity contribution in [1.82, 2.24) is 9.80 Å². The molecule has 0 atom stereocenters. The fraction of sp³-hybridized carbons (Fsp3) is 0.688. The molecule has 0 aliphatic carbocycles. The molecule has 1 rings (SSSR count). The molecule has 0 aromatic heterocycles. The van der Waals surface area contributed by atoms with Gasteiger partial charge >= 0.3 is 5.96 Å². The van der Waals surface area contributed by atoms with Crippen LogP contribution in [0, 0.1) is 23.7 Å². The maximum absolute atomic E-state index is 3.14. The molecule has 0 radical (unpaired) electrons. The third-order valence-corrected chi connectivity index (χ3v) is 3.07. The molecule has 1 fully saturated rings. The van der Waals surface area contributed by atoms with Crippen LogP contribution < -0.4 is 0 Å². The summed E-state index contributed by atoms with van der Waals surface area (Å²) in [6.45, 7) is 5.44. The monoisotopic (exact) mass is 260 g/mol. The second kappa shape index (κ2) is 8.48. The molecule has 3 heteroatoms. The fourth-order valence-electron chi connectivity index (χ4n) is 2.24. The zero-order chi connectivity index (χ0) is 14.1. The molecule has 0 bridgehead atoms. The van der Waals surface area contributed by atoms with Gasteiger partial charge in [0.15, 0.2) is 0 Å². The Morgan fingerprint density at radius 1 is 1.11 bits per heavy atom. The third-order valence-electron chi connectivity index (χ3n) is 3.07. The molecule has 0 unspecified atom stereocenters. The maximum Gasteiger partial charge on any atom is 0.350 e. The van der Waals surface area contributed by atoms with Gasteiger partial charge in [-0.15, -0.1) is 0 Å². The minimum absolute atomic E-state index is 0.932. The van der Waals surface area contributed by atoms with Gasteiger partial charge in [0, 0.05) is 12.8 Å². The van der Waals surface area contributed by atoms with Gasteiger partial charge in [-0.3, -0.25) is 14.4 Å². The highest BCUT2D eigenvalue weighted by Gasteiger charge is 2.31. The molecule has 0 amide bonds. The summed E-state index contributed by atoms with van der Waals surface area (Å²) in [4.78, 5) is 4.74. The van der Waals surface area contributed by atoms with E-state index in [4.69, 9.17) is 0 Å². The lowest BCUT2D eigenvalue weighted by molar-refractivity contribution is -0.474. The molecule has 0 aromatic rings. The number of nitrogens with zero attached hydrogens (tertiary/aromatic N) is 3. The van der Waals surface area contributed by atoms with Gasteiger partial charge in [-0.1, -0.05) is 18.8 Å². The first-order valence-electron chi connectivity index (χ1n) is 7.13. The normalized spacial score (nSPS) is 13.8. The molecule has 0 aromatic carbocycles. The summed E-state index contributed by atoms with van der Waals surface area (Å²) < 4.78 is 2.19. The molecule has 1 aliphatic rings. The van der Waals surface area contributed by atoms with Crippen LogP contribution in [0.15, 0.2) is 0 Å². The highest BCUT2D eigenvalue weighted by Crippen LogP contribution is 2.07. The number of hydrogen-bond acceptors (Lipinski definition) is 0. The van der Waals surface area contributed by atoms with Crippen molar-refractivity contribution in [1.29, 1.82) is 0 Å². The quantitative estimate of drug-likeness (QED) is 0.430. The van der Waals surface area contributed by atoms with Crippen LogP contribution in [0.3, 0.4) is 0 Å². The van der Waals surface area contributed by atoms with Gasteiger partial charge in [0.2, 0.25) is 0 Å². The van der Waals surface area contributed by atoms with Gasteiger partial charge in [-0.25, -0.2) is 0 Å². The van der Waals surface area contributed by atoms with Crippen LogP contribution in [0.4, 0.5) is 0 Å². The van der Waals surface area contributed by atoms with Gasteiger partial charge in [0.25, 0.3) is 0 Å². The van der Waals surface area contributed by atoms with Crippen LogP contribution in [-0.4, -0.2) is 61.1 Å². The minimum atomic E-state index is 0.932. The summed E-state index contributed by atoms with van der Waals surface area (Å²) in [7, 11) is 6.36. The van der Waals surface area contributed by atoms with Gasteiger partial charge in [0.05, 0.1) is 40.8 Å². The van der Waals surface area contributed by atoms with Crippen LogP contribution in [-0.2, 0) is 0 Å². The Bertz CT molecular complexity index is 424. The van der Waals surface area contributed by atoms with Crippen LogP contribution >= 0.6 is 0 Å². The summed E-state index contributed by atoms with van der Waals surface area (Å²) in [5.41, 5.74) is 0. The zero-order valence-corrected chi connectivity index (χ0v) is 12.8. The summed E-state index contributed by atoms with van der Waals surface area (Å²) in [5.74, 6) is 13.3. The largest absolute Gasteiger partial charge is 0.350 e. The van der Waals surface area contributed by atoms with Crippen molar-refractivity contribution in [2.75, 3.05) is 40.8 Å². The Morgan fingerprint density at radius 2 is 1.79 bits per heavy atom. The van der Waals surface area contributed by atoms with E-state index in [1.807, 2.05) is 0 Å². The predicted molar refractivity (Wildman–Crippen MR) is 81.0 cm³/mol. The lowest BCUT2D eigenvalue weighted by Gasteiger charge is -2.15. The van der Waals surface area contributed by atoms with Gasteiger partial charge in [-0.2, -0.15) is 0 Å². The molecule has 0 saturated carbocycles. The first-order valence-corrected chi connectivity index (χ1v) is 7.13. The van der Waals surface area contributed by atoms with Crippen LogP contribution in [0.2, 0.25) is 0 Å². The molecule has 104 valence electrons. The summed E-state index contributed by atoms with van der Waals surface area (Å²) in [6, 6.07) is 0. The second-order valence-corrected chi connectivity index (χ2v) is 5.06. The average Bonchev–Trinajstić information content (AvgIpc) is 2.74. The zero-order valence-electron chi connectivity index (χ0n) is 12.8. The number of rotatable bonds is 4. The lowest BCUT2D eigenvalue weighted by atomic mass is 10.3. The number of unbranched alkanes of at least 4 members (excludes halogenated alkanes) is 2. The minimum Gasteiger partial charge on any atom is -0.270 e. The Labute approximate surface area is 118 Å². The smallest absolute Gasteiger partial charge is 0.270 e. The highest BCUT2D eigenvalue weighted by atomic mass is 15.4. The molecule has 19 heavy (non-hydrogen) atoms. The van der Waals surface area contributed by atoms with Crippen molar-refractivity contribution >= 4 is 5.96 Å². The van der Waals surface area contributed by atoms with Crippen LogP contribution in [0.5, 0.6) is 0 Å². The Balaban J connectivity index is 2.31. The standard InChI is InChI=1S/C16H26N3/c1-5-6-7-8-9-10-11-12-13-19-15-14-18(4)16(19)17(2)3/h5-6,11-15H2,1-4H3/q+1. The van der Waals surface area contributed by atoms with E-state index in [2.05, 4.69) is 66.1 Å². The number of likely N-dealkylation sites (N-methyl/N-ethyl adjacent to an activating group) is 1. The van der Waals surface area contributed by atoms with Crippen molar-refractivity contribution < 1.29 is 4.58 Å². The molecule has 1 aliphatic heterocycles. The van der Waals surface area contributed by atoms with E-state index in [1.54, 1.807) is 0 Å². The van der Waals surface area contributed by atoms with Crippen LogP contribution in [0.25, 0.3) is 0 Å². The van der Waals surface area contributed by atoms with E-state index < -0.39 is 0 Å². The van der Waals surface area contributed by atoms with E-state index >= 15 is 0 Å². The van der Waals surface area contributed by atoms with E-state index in [1.165, 1.54) is 5.96 Å². The molecular weight excluding hydrogens is 234 g/mol. The maximum atomic E-state index is 3.14. The molecular formula is C16H26N3+. The van der Waals surface area contributed by atoms with Crippen molar-refractivity contribution in [2.24, 2.45) is 0 Å². The Kier molecular flexibility index (Phi) is 6.90. The van der Waals surface area contributed by atoms with Crippen molar-refractivity contribution in [3.8, 4) is 23.7 Å². The SMILES string of the molecule is CCCC#CC#CCCCN1CCN(C)C1=[N+](C)C. The topological polar surface area (TPSA) is 9.49 Å². The van der Waals surface area contributed by atoms with E-state index in [0.717, 1.165) is 45.3 Å². The van der Waals surface area contributed by atoms with Crippen molar-refractivity contribution in [2.45, 2.75) is 32.6 Å². The molecule has 0 spiro atoms. The van der Waals surface area contributed by atoms with Crippen molar-refractivity contribution in [3.63, 3.8) is 0 Å². The first-order chi connectivity index (χ1) is 9.16. The second-order valence-electron chi connectivity index (χ2n) is 5.06. The fourth-order valence-corrected chi connectivity index (χ4v) is 2.24. The van der Waals surface area contributed by atoms with Gasteiger partial charge in [0.1, 0.15) is 0 Å². The first kappa shape index (κ1) is 15.4. The molecule has 1 saturated heterocycles. The molecule has 3 nitrogen and oxygen atoms in total.